The van der Waals surface area contributed by atoms with E-state index in [4.69, 9.17) is 5.11 Å². The average molecular weight is 201 g/mol. The Hall–Kier alpha value is -1.06. The molecular formula is C10H19NO3. The lowest BCUT2D eigenvalue weighted by atomic mass is 10.0. The van der Waals surface area contributed by atoms with E-state index in [2.05, 4.69) is 0 Å². The summed E-state index contributed by atoms with van der Waals surface area (Å²) < 4.78 is 0. The molecule has 0 aromatic rings. The molecule has 0 radical (unpaired) electrons. The number of carbonyl (C=O) groups excluding carboxylic acids is 1. The zero-order valence-corrected chi connectivity index (χ0v) is 9.28. The predicted molar refractivity (Wildman–Crippen MR) is 53.9 cm³/mol. The van der Waals surface area contributed by atoms with Crippen LogP contribution in [0, 0.1) is 5.92 Å². The van der Waals surface area contributed by atoms with Crippen molar-refractivity contribution in [2.24, 2.45) is 5.92 Å². The van der Waals surface area contributed by atoms with E-state index in [0.29, 0.717) is 0 Å². The summed E-state index contributed by atoms with van der Waals surface area (Å²) in [6.45, 7) is 5.35. The first-order valence-electron chi connectivity index (χ1n) is 4.91. The molecular weight excluding hydrogens is 182 g/mol. The van der Waals surface area contributed by atoms with Crippen LogP contribution in [0.4, 0.5) is 0 Å². The molecule has 4 nitrogen and oxygen atoms in total. The Morgan fingerprint density at radius 1 is 1.36 bits per heavy atom. The zero-order chi connectivity index (χ0) is 11.3. The highest BCUT2D eigenvalue weighted by atomic mass is 16.4. The van der Waals surface area contributed by atoms with Crippen molar-refractivity contribution < 1.29 is 14.7 Å². The van der Waals surface area contributed by atoms with Crippen LogP contribution < -0.4 is 0 Å². The summed E-state index contributed by atoms with van der Waals surface area (Å²) in [6, 6.07) is -0.748. The van der Waals surface area contributed by atoms with Crippen LogP contribution in [0.15, 0.2) is 0 Å². The van der Waals surface area contributed by atoms with E-state index in [1.54, 1.807) is 0 Å². The van der Waals surface area contributed by atoms with Gasteiger partial charge in [-0.2, -0.15) is 0 Å². The standard InChI is InChI=1S/C10H19NO3/c1-5-6-7(2)9(12)11(4)8(3)10(13)14/h7-8H,5-6H2,1-4H3,(H,13,14). The van der Waals surface area contributed by atoms with Crippen LogP contribution in [0.25, 0.3) is 0 Å². The van der Waals surface area contributed by atoms with Gasteiger partial charge in [0, 0.05) is 13.0 Å². The Morgan fingerprint density at radius 3 is 2.21 bits per heavy atom. The molecule has 2 unspecified atom stereocenters. The van der Waals surface area contributed by atoms with Gasteiger partial charge in [-0.15, -0.1) is 0 Å². The van der Waals surface area contributed by atoms with Crippen molar-refractivity contribution in [3.8, 4) is 0 Å². The van der Waals surface area contributed by atoms with Gasteiger partial charge in [-0.25, -0.2) is 4.79 Å². The van der Waals surface area contributed by atoms with Crippen molar-refractivity contribution in [3.63, 3.8) is 0 Å². The lowest BCUT2D eigenvalue weighted by Crippen LogP contribution is -2.42. The van der Waals surface area contributed by atoms with E-state index in [-0.39, 0.29) is 11.8 Å². The molecule has 0 fully saturated rings. The molecule has 0 aromatic carbocycles. The number of nitrogens with zero attached hydrogens (tertiary/aromatic N) is 1. The van der Waals surface area contributed by atoms with E-state index in [1.807, 2.05) is 13.8 Å². The molecule has 4 heteroatoms. The molecule has 82 valence electrons. The molecule has 1 amide bonds. The van der Waals surface area contributed by atoms with Gasteiger partial charge in [0.25, 0.3) is 0 Å². The van der Waals surface area contributed by atoms with Gasteiger partial charge in [-0.3, -0.25) is 4.79 Å². The Labute approximate surface area is 84.9 Å². The summed E-state index contributed by atoms with van der Waals surface area (Å²) in [5, 5.41) is 8.72. The number of likely N-dealkylation sites (N-methyl/N-ethyl adjacent to an activating group) is 1. The number of hydrogen-bond donors (Lipinski definition) is 1. The lowest BCUT2D eigenvalue weighted by molar-refractivity contribution is -0.149. The van der Waals surface area contributed by atoms with Gasteiger partial charge in [0.2, 0.25) is 5.91 Å². The van der Waals surface area contributed by atoms with Crippen molar-refractivity contribution in [1.82, 2.24) is 4.90 Å². The van der Waals surface area contributed by atoms with Gasteiger partial charge in [0.15, 0.2) is 0 Å². The van der Waals surface area contributed by atoms with E-state index in [1.165, 1.54) is 18.9 Å². The van der Waals surface area contributed by atoms with Crippen LogP contribution in [-0.2, 0) is 9.59 Å². The zero-order valence-electron chi connectivity index (χ0n) is 9.28. The lowest BCUT2D eigenvalue weighted by Gasteiger charge is -2.24. The Bertz CT molecular complexity index is 215. The number of aliphatic carboxylic acids is 1. The third-order valence-corrected chi connectivity index (χ3v) is 2.43. The largest absolute Gasteiger partial charge is 0.480 e. The molecule has 0 aliphatic carbocycles. The second-order valence-electron chi connectivity index (χ2n) is 3.65. The minimum Gasteiger partial charge on any atom is -0.480 e. The van der Waals surface area contributed by atoms with Crippen molar-refractivity contribution in [2.45, 2.75) is 39.7 Å². The summed E-state index contributed by atoms with van der Waals surface area (Å²) >= 11 is 0. The number of rotatable bonds is 5. The SMILES string of the molecule is CCCC(C)C(=O)N(C)C(C)C(=O)O. The maximum Gasteiger partial charge on any atom is 0.326 e. The van der Waals surface area contributed by atoms with Crippen molar-refractivity contribution >= 4 is 11.9 Å². The molecule has 0 aliphatic heterocycles. The molecule has 0 heterocycles. The van der Waals surface area contributed by atoms with Gasteiger partial charge in [0.1, 0.15) is 6.04 Å². The monoisotopic (exact) mass is 201 g/mol. The highest BCUT2D eigenvalue weighted by Crippen LogP contribution is 2.10. The number of carboxylic acid groups (broad SMARTS) is 1. The molecule has 0 saturated heterocycles. The number of amides is 1. The topological polar surface area (TPSA) is 57.6 Å². The number of carboxylic acids is 1. The third kappa shape index (κ3) is 3.36. The number of carbonyl (C=O) groups is 2. The second kappa shape index (κ2) is 5.62. The summed E-state index contributed by atoms with van der Waals surface area (Å²) in [4.78, 5) is 23.6. The van der Waals surface area contributed by atoms with Crippen LogP contribution >= 0.6 is 0 Å². The van der Waals surface area contributed by atoms with E-state index in [9.17, 15) is 9.59 Å². The van der Waals surface area contributed by atoms with Gasteiger partial charge in [-0.05, 0) is 13.3 Å². The average Bonchev–Trinajstić information content (AvgIpc) is 2.14. The molecule has 1 N–H and O–H groups in total. The van der Waals surface area contributed by atoms with Crippen LogP contribution in [0.3, 0.4) is 0 Å². The smallest absolute Gasteiger partial charge is 0.326 e. The van der Waals surface area contributed by atoms with Gasteiger partial charge < -0.3 is 10.0 Å². The van der Waals surface area contributed by atoms with Crippen molar-refractivity contribution in [3.05, 3.63) is 0 Å². The summed E-state index contributed by atoms with van der Waals surface area (Å²) in [5.41, 5.74) is 0. The van der Waals surface area contributed by atoms with E-state index >= 15 is 0 Å². The van der Waals surface area contributed by atoms with E-state index in [0.717, 1.165) is 12.8 Å². The maximum absolute atomic E-state index is 11.6. The molecule has 0 saturated carbocycles. The molecule has 0 rings (SSSR count). The van der Waals surface area contributed by atoms with Crippen LogP contribution in [0.5, 0.6) is 0 Å². The van der Waals surface area contributed by atoms with Gasteiger partial charge in [0.05, 0.1) is 0 Å². The first kappa shape index (κ1) is 12.9. The third-order valence-electron chi connectivity index (χ3n) is 2.43. The van der Waals surface area contributed by atoms with Gasteiger partial charge >= 0.3 is 5.97 Å². The number of hydrogen-bond acceptors (Lipinski definition) is 2. The summed E-state index contributed by atoms with van der Waals surface area (Å²) in [5.74, 6) is -1.15. The molecule has 14 heavy (non-hydrogen) atoms. The van der Waals surface area contributed by atoms with Crippen LogP contribution in [0.1, 0.15) is 33.6 Å². The summed E-state index contributed by atoms with van der Waals surface area (Å²) in [7, 11) is 1.54. The first-order valence-corrected chi connectivity index (χ1v) is 4.91. The molecule has 0 spiro atoms. The van der Waals surface area contributed by atoms with Crippen molar-refractivity contribution in [1.29, 1.82) is 0 Å². The quantitative estimate of drug-likeness (QED) is 0.730. The Balaban J connectivity index is 4.30. The minimum absolute atomic E-state index is 0.0909. The Kier molecular flexibility index (Phi) is 5.20. The van der Waals surface area contributed by atoms with E-state index < -0.39 is 12.0 Å². The normalized spacial score (nSPS) is 14.6. The first-order chi connectivity index (χ1) is 6.41. The Morgan fingerprint density at radius 2 is 1.86 bits per heavy atom. The molecule has 0 bridgehead atoms. The molecule has 2 atom stereocenters. The molecule has 0 aliphatic rings. The highest BCUT2D eigenvalue weighted by Gasteiger charge is 2.24. The fourth-order valence-corrected chi connectivity index (χ4v) is 1.26. The summed E-state index contributed by atoms with van der Waals surface area (Å²) in [6.07, 6.45) is 1.73. The minimum atomic E-state index is -0.968. The maximum atomic E-state index is 11.6. The fourth-order valence-electron chi connectivity index (χ4n) is 1.26. The molecule has 0 aromatic heterocycles. The van der Waals surface area contributed by atoms with Crippen LogP contribution in [0.2, 0.25) is 0 Å². The van der Waals surface area contributed by atoms with Crippen molar-refractivity contribution in [2.75, 3.05) is 7.05 Å². The fraction of sp³-hybridized carbons (Fsp3) is 0.800. The second-order valence-corrected chi connectivity index (χ2v) is 3.65. The predicted octanol–water partition coefficient (Wildman–Crippen LogP) is 1.35. The van der Waals surface area contributed by atoms with Crippen LogP contribution in [-0.4, -0.2) is 35.0 Å². The van der Waals surface area contributed by atoms with Gasteiger partial charge in [-0.1, -0.05) is 20.3 Å². The highest BCUT2D eigenvalue weighted by molar-refractivity contribution is 5.84.